The minimum Gasteiger partial charge on any atom is -0.320 e. The van der Waals surface area contributed by atoms with Gasteiger partial charge in [-0.2, -0.15) is 13.2 Å². The number of alkyl halides is 3. The molecule has 1 nitrogen and oxygen atoms in total. The number of benzene rings is 2. The third-order valence-electron chi connectivity index (χ3n) is 2.92. The van der Waals surface area contributed by atoms with E-state index < -0.39 is 17.8 Å². The fraction of sp³-hybridized carbons (Fsp3) is 0.143. The Hall–Kier alpha value is -1.04. The molecule has 0 aliphatic rings. The summed E-state index contributed by atoms with van der Waals surface area (Å²) in [6, 6.07) is 9.29. The fourth-order valence-corrected chi connectivity index (χ4v) is 2.58. The summed E-state index contributed by atoms with van der Waals surface area (Å²) in [4.78, 5) is 0. The van der Waals surface area contributed by atoms with E-state index in [1.165, 1.54) is 18.2 Å². The zero-order valence-corrected chi connectivity index (χ0v) is 12.4. The summed E-state index contributed by atoms with van der Waals surface area (Å²) in [7, 11) is 0. The molecular formula is C14H10BrClF3N. The monoisotopic (exact) mass is 363 g/mol. The van der Waals surface area contributed by atoms with Gasteiger partial charge in [-0.1, -0.05) is 41.9 Å². The molecule has 0 saturated carbocycles. The van der Waals surface area contributed by atoms with E-state index in [4.69, 9.17) is 17.3 Å². The summed E-state index contributed by atoms with van der Waals surface area (Å²) in [5.41, 5.74) is 5.67. The Morgan fingerprint density at radius 3 is 2.25 bits per heavy atom. The second-order valence-corrected chi connectivity index (χ2v) is 5.44. The van der Waals surface area contributed by atoms with Crippen LogP contribution in [0.2, 0.25) is 5.02 Å². The maximum Gasteiger partial charge on any atom is 0.416 e. The lowest BCUT2D eigenvalue weighted by Crippen LogP contribution is -2.18. The molecule has 20 heavy (non-hydrogen) atoms. The highest BCUT2D eigenvalue weighted by molar-refractivity contribution is 9.10. The molecule has 1 atom stereocenters. The molecule has 106 valence electrons. The van der Waals surface area contributed by atoms with Gasteiger partial charge >= 0.3 is 6.18 Å². The molecule has 6 heteroatoms. The molecular weight excluding hydrogens is 355 g/mol. The first-order valence-electron chi connectivity index (χ1n) is 5.68. The van der Waals surface area contributed by atoms with Crippen LogP contribution >= 0.6 is 27.5 Å². The van der Waals surface area contributed by atoms with E-state index in [0.717, 1.165) is 6.07 Å². The number of hydrogen-bond acceptors (Lipinski definition) is 1. The average Bonchev–Trinajstić information content (AvgIpc) is 2.40. The van der Waals surface area contributed by atoms with Crippen molar-refractivity contribution in [3.8, 4) is 0 Å². The number of nitrogens with two attached hydrogens (primary N) is 1. The topological polar surface area (TPSA) is 26.0 Å². The van der Waals surface area contributed by atoms with Crippen LogP contribution in [-0.2, 0) is 6.18 Å². The maximum atomic E-state index is 13.0. The molecule has 0 aliphatic heterocycles. The van der Waals surface area contributed by atoms with E-state index in [1.807, 2.05) is 0 Å². The van der Waals surface area contributed by atoms with E-state index in [-0.39, 0.29) is 5.56 Å². The van der Waals surface area contributed by atoms with Gasteiger partial charge in [-0.25, -0.2) is 0 Å². The molecule has 0 saturated heterocycles. The highest BCUT2D eigenvalue weighted by Gasteiger charge is 2.34. The first-order chi connectivity index (χ1) is 9.32. The van der Waals surface area contributed by atoms with Gasteiger partial charge in [-0.15, -0.1) is 0 Å². The van der Waals surface area contributed by atoms with E-state index in [9.17, 15) is 13.2 Å². The SMILES string of the molecule is NC(c1ccccc1C(F)(F)F)c1cccc(Br)c1Cl. The van der Waals surface area contributed by atoms with Gasteiger partial charge in [-0.3, -0.25) is 0 Å². The number of rotatable bonds is 2. The summed E-state index contributed by atoms with van der Waals surface area (Å²) >= 11 is 9.33. The molecule has 2 rings (SSSR count). The standard InChI is InChI=1S/C14H10BrClF3N/c15-11-7-3-5-9(12(11)16)13(20)8-4-1-2-6-10(8)14(17,18)19/h1-7,13H,20H2. The molecule has 0 aliphatic carbocycles. The van der Waals surface area contributed by atoms with E-state index in [2.05, 4.69) is 15.9 Å². The molecule has 2 N–H and O–H groups in total. The number of halogens is 5. The molecule has 0 heterocycles. The van der Waals surface area contributed by atoms with Crippen LogP contribution < -0.4 is 5.73 Å². The molecule has 0 aromatic heterocycles. The zero-order valence-electron chi connectivity index (χ0n) is 10.1. The minimum absolute atomic E-state index is 0.000000000000000444. The van der Waals surface area contributed by atoms with Crippen molar-refractivity contribution < 1.29 is 13.2 Å². The van der Waals surface area contributed by atoms with Crippen molar-refractivity contribution in [1.82, 2.24) is 0 Å². The van der Waals surface area contributed by atoms with Crippen molar-refractivity contribution in [3.05, 3.63) is 68.7 Å². The lowest BCUT2D eigenvalue weighted by Gasteiger charge is -2.19. The second-order valence-electron chi connectivity index (χ2n) is 4.21. The van der Waals surface area contributed by atoms with E-state index >= 15 is 0 Å². The molecule has 1 unspecified atom stereocenters. The highest BCUT2D eigenvalue weighted by Crippen LogP contribution is 2.38. The molecule has 2 aromatic carbocycles. The van der Waals surface area contributed by atoms with Crippen molar-refractivity contribution in [2.24, 2.45) is 5.73 Å². The zero-order chi connectivity index (χ0) is 14.9. The van der Waals surface area contributed by atoms with Crippen molar-refractivity contribution >= 4 is 27.5 Å². The quantitative estimate of drug-likeness (QED) is 0.782. The van der Waals surface area contributed by atoms with Gasteiger partial charge in [0.1, 0.15) is 0 Å². The first kappa shape index (κ1) is 15.4. The molecule has 0 bridgehead atoms. The Balaban J connectivity index is 2.55. The second kappa shape index (κ2) is 5.76. The van der Waals surface area contributed by atoms with Crippen LogP contribution in [0.3, 0.4) is 0 Å². The first-order valence-corrected chi connectivity index (χ1v) is 6.85. The Kier molecular flexibility index (Phi) is 4.42. The Labute approximate surface area is 127 Å². The van der Waals surface area contributed by atoms with Crippen molar-refractivity contribution in [2.75, 3.05) is 0 Å². The predicted octanol–water partition coefficient (Wildman–Crippen LogP) is 5.17. The normalized spacial score (nSPS) is 13.3. The van der Waals surface area contributed by atoms with Gasteiger partial charge in [0.15, 0.2) is 0 Å². The Morgan fingerprint density at radius 2 is 1.60 bits per heavy atom. The predicted molar refractivity (Wildman–Crippen MR) is 76.6 cm³/mol. The average molecular weight is 365 g/mol. The van der Waals surface area contributed by atoms with Crippen molar-refractivity contribution in [1.29, 1.82) is 0 Å². The van der Waals surface area contributed by atoms with Gasteiger partial charge in [0.25, 0.3) is 0 Å². The van der Waals surface area contributed by atoms with Crippen LogP contribution in [-0.4, -0.2) is 0 Å². The molecule has 2 aromatic rings. The van der Waals surface area contributed by atoms with Crippen LogP contribution in [0, 0.1) is 0 Å². The van der Waals surface area contributed by atoms with Crippen LogP contribution in [0.25, 0.3) is 0 Å². The lowest BCUT2D eigenvalue weighted by atomic mass is 9.95. The third-order valence-corrected chi connectivity index (χ3v) is 4.23. The van der Waals surface area contributed by atoms with Gasteiger partial charge in [0.05, 0.1) is 16.6 Å². The van der Waals surface area contributed by atoms with Crippen LogP contribution in [0.5, 0.6) is 0 Å². The fourth-order valence-electron chi connectivity index (χ4n) is 1.95. The summed E-state index contributed by atoms with van der Waals surface area (Å²) in [6.45, 7) is 0. The molecule has 0 fully saturated rings. The van der Waals surface area contributed by atoms with Gasteiger partial charge in [0, 0.05) is 4.47 Å². The molecule has 0 amide bonds. The summed E-state index contributed by atoms with van der Waals surface area (Å²) < 4.78 is 39.6. The van der Waals surface area contributed by atoms with Crippen molar-refractivity contribution in [2.45, 2.75) is 12.2 Å². The van der Waals surface area contributed by atoms with Gasteiger partial charge in [-0.05, 0) is 39.2 Å². The smallest absolute Gasteiger partial charge is 0.320 e. The summed E-state index contributed by atoms with van der Waals surface area (Å²) in [5.74, 6) is 0. The largest absolute Gasteiger partial charge is 0.416 e. The Bertz CT molecular complexity index is 628. The van der Waals surface area contributed by atoms with Crippen LogP contribution in [0.1, 0.15) is 22.7 Å². The van der Waals surface area contributed by atoms with Gasteiger partial charge in [0.2, 0.25) is 0 Å². The van der Waals surface area contributed by atoms with E-state index in [1.54, 1.807) is 18.2 Å². The van der Waals surface area contributed by atoms with Gasteiger partial charge < -0.3 is 5.73 Å². The minimum atomic E-state index is -4.45. The summed E-state index contributed by atoms with van der Waals surface area (Å²) in [6.07, 6.45) is -4.45. The lowest BCUT2D eigenvalue weighted by molar-refractivity contribution is -0.138. The van der Waals surface area contributed by atoms with Crippen LogP contribution in [0.15, 0.2) is 46.9 Å². The summed E-state index contributed by atoms with van der Waals surface area (Å²) in [5, 5.41) is 0.317. The van der Waals surface area contributed by atoms with Crippen LogP contribution in [0.4, 0.5) is 13.2 Å². The third kappa shape index (κ3) is 3.00. The maximum absolute atomic E-state index is 13.0. The molecule has 0 radical (unpaired) electrons. The highest BCUT2D eigenvalue weighted by atomic mass is 79.9. The Morgan fingerprint density at radius 1 is 1.00 bits per heavy atom. The molecule has 0 spiro atoms. The van der Waals surface area contributed by atoms with Crippen molar-refractivity contribution in [3.63, 3.8) is 0 Å². The number of hydrogen-bond donors (Lipinski definition) is 1. The van der Waals surface area contributed by atoms with E-state index in [0.29, 0.717) is 15.1 Å².